The number of thioether (sulfide) groups is 2. The van der Waals surface area contributed by atoms with E-state index in [2.05, 4.69) is 112 Å². The minimum atomic E-state index is 0.341. The standard InChI is InChI=1S/C28H42OS2/c1-5-27(3,30-23-25-15-9-7-10-16-25)19-13-21-29-22-14-20-28(4,6-2)31-24-26-17-11-8-12-18-26/h7-12,15-18H,5-6,13-14,19-24H2,1-4H3. The minimum absolute atomic E-state index is 0.341. The first kappa shape index (κ1) is 26.4. The molecule has 0 heterocycles. The SMILES string of the molecule is CCC(C)(CCCOCCCC(C)(CC)SCc1ccccc1)SCc1ccccc1. The molecule has 2 rings (SSSR count). The van der Waals surface area contributed by atoms with Crippen LogP contribution < -0.4 is 0 Å². The van der Waals surface area contributed by atoms with Gasteiger partial charge in [0.25, 0.3) is 0 Å². The number of hydrogen-bond acceptors (Lipinski definition) is 3. The first-order chi connectivity index (χ1) is 15.0. The van der Waals surface area contributed by atoms with E-state index in [4.69, 9.17) is 4.74 Å². The van der Waals surface area contributed by atoms with Crippen LogP contribution in [0.15, 0.2) is 60.7 Å². The van der Waals surface area contributed by atoms with Gasteiger partial charge in [-0.15, -0.1) is 0 Å². The van der Waals surface area contributed by atoms with Gasteiger partial charge in [0, 0.05) is 34.2 Å². The highest BCUT2D eigenvalue weighted by Crippen LogP contribution is 2.36. The average Bonchev–Trinajstić information content (AvgIpc) is 2.82. The van der Waals surface area contributed by atoms with Crippen molar-refractivity contribution in [1.29, 1.82) is 0 Å². The molecule has 0 aliphatic rings. The maximum absolute atomic E-state index is 6.02. The lowest BCUT2D eigenvalue weighted by Crippen LogP contribution is -2.21. The van der Waals surface area contributed by atoms with Crippen molar-refractivity contribution in [3.05, 3.63) is 71.8 Å². The van der Waals surface area contributed by atoms with Crippen molar-refractivity contribution in [1.82, 2.24) is 0 Å². The van der Waals surface area contributed by atoms with E-state index in [9.17, 15) is 0 Å². The van der Waals surface area contributed by atoms with Gasteiger partial charge in [-0.3, -0.25) is 0 Å². The monoisotopic (exact) mass is 458 g/mol. The smallest absolute Gasteiger partial charge is 0.0466 e. The molecule has 31 heavy (non-hydrogen) atoms. The summed E-state index contributed by atoms with van der Waals surface area (Å²) in [4.78, 5) is 0. The van der Waals surface area contributed by atoms with Crippen molar-refractivity contribution in [3.63, 3.8) is 0 Å². The molecule has 2 atom stereocenters. The Balaban J connectivity index is 1.59. The van der Waals surface area contributed by atoms with E-state index in [0.717, 1.165) is 37.6 Å². The molecule has 2 aromatic carbocycles. The van der Waals surface area contributed by atoms with Crippen molar-refractivity contribution in [2.75, 3.05) is 13.2 Å². The Morgan fingerprint density at radius 3 is 1.39 bits per heavy atom. The summed E-state index contributed by atoms with van der Waals surface area (Å²) in [5.41, 5.74) is 2.85. The zero-order valence-electron chi connectivity index (χ0n) is 20.1. The van der Waals surface area contributed by atoms with E-state index < -0.39 is 0 Å². The molecule has 0 bridgehead atoms. The highest BCUT2D eigenvalue weighted by Gasteiger charge is 2.23. The number of ether oxygens (including phenoxy) is 1. The molecular weight excluding hydrogens is 416 g/mol. The summed E-state index contributed by atoms with van der Waals surface area (Å²) >= 11 is 4.19. The largest absolute Gasteiger partial charge is 0.381 e. The van der Waals surface area contributed by atoms with Crippen LogP contribution in [-0.2, 0) is 16.2 Å². The van der Waals surface area contributed by atoms with Crippen molar-refractivity contribution in [3.8, 4) is 0 Å². The predicted octanol–water partition coefficient (Wildman–Crippen LogP) is 8.77. The summed E-state index contributed by atoms with van der Waals surface area (Å²) in [5, 5.41) is 0. The Morgan fingerprint density at radius 1 is 0.645 bits per heavy atom. The van der Waals surface area contributed by atoms with E-state index in [-0.39, 0.29) is 0 Å². The lowest BCUT2D eigenvalue weighted by molar-refractivity contribution is 0.123. The van der Waals surface area contributed by atoms with Gasteiger partial charge in [-0.25, -0.2) is 0 Å². The summed E-state index contributed by atoms with van der Waals surface area (Å²) in [6.45, 7) is 11.2. The van der Waals surface area contributed by atoms with Crippen LogP contribution >= 0.6 is 23.5 Å². The molecule has 0 fully saturated rings. The van der Waals surface area contributed by atoms with E-state index >= 15 is 0 Å². The van der Waals surface area contributed by atoms with Gasteiger partial charge >= 0.3 is 0 Å². The topological polar surface area (TPSA) is 9.23 Å². The van der Waals surface area contributed by atoms with Crippen LogP contribution in [-0.4, -0.2) is 22.7 Å². The molecule has 0 aliphatic heterocycles. The Hall–Kier alpha value is -0.900. The van der Waals surface area contributed by atoms with E-state index in [1.165, 1.54) is 36.8 Å². The molecule has 3 heteroatoms. The number of rotatable bonds is 16. The molecule has 0 saturated heterocycles. The van der Waals surface area contributed by atoms with Gasteiger partial charge in [-0.1, -0.05) is 88.4 Å². The third kappa shape index (κ3) is 10.5. The molecule has 2 unspecified atom stereocenters. The van der Waals surface area contributed by atoms with Gasteiger partial charge in [0.2, 0.25) is 0 Å². The lowest BCUT2D eigenvalue weighted by Gasteiger charge is -2.28. The summed E-state index contributed by atoms with van der Waals surface area (Å²) in [6, 6.07) is 21.7. The van der Waals surface area contributed by atoms with Gasteiger partial charge in [0.1, 0.15) is 0 Å². The van der Waals surface area contributed by atoms with E-state index in [1.54, 1.807) is 0 Å². The third-order valence-electron chi connectivity index (χ3n) is 6.34. The van der Waals surface area contributed by atoms with Gasteiger partial charge < -0.3 is 4.74 Å². The lowest BCUT2D eigenvalue weighted by atomic mass is 10.0. The Bertz CT molecular complexity index is 644. The Kier molecular flexibility index (Phi) is 12.1. The van der Waals surface area contributed by atoms with Crippen LogP contribution in [0.5, 0.6) is 0 Å². The molecule has 2 aromatic rings. The van der Waals surface area contributed by atoms with Crippen LogP contribution in [0, 0.1) is 0 Å². The maximum Gasteiger partial charge on any atom is 0.0466 e. The van der Waals surface area contributed by atoms with Crippen molar-refractivity contribution < 1.29 is 4.74 Å². The van der Waals surface area contributed by atoms with Crippen molar-refractivity contribution in [2.45, 2.75) is 87.2 Å². The number of hydrogen-bond donors (Lipinski definition) is 0. The molecule has 0 aromatic heterocycles. The number of benzene rings is 2. The summed E-state index contributed by atoms with van der Waals surface area (Å²) < 4.78 is 6.70. The summed E-state index contributed by atoms with van der Waals surface area (Å²) in [5.74, 6) is 2.20. The average molecular weight is 459 g/mol. The third-order valence-corrected chi connectivity index (χ3v) is 9.68. The van der Waals surface area contributed by atoms with Crippen molar-refractivity contribution in [2.24, 2.45) is 0 Å². The normalized spacial score (nSPS) is 15.4. The molecule has 0 N–H and O–H groups in total. The second kappa shape index (κ2) is 14.3. The van der Waals surface area contributed by atoms with Crippen LogP contribution in [0.25, 0.3) is 0 Å². The second-order valence-corrected chi connectivity index (χ2v) is 12.1. The highest BCUT2D eigenvalue weighted by atomic mass is 32.2. The van der Waals surface area contributed by atoms with Crippen LogP contribution in [0.3, 0.4) is 0 Å². The van der Waals surface area contributed by atoms with Gasteiger partial charge in [-0.2, -0.15) is 23.5 Å². The quantitative estimate of drug-likeness (QED) is 0.233. The highest BCUT2D eigenvalue weighted by molar-refractivity contribution is 8.00. The van der Waals surface area contributed by atoms with Crippen LogP contribution in [0.1, 0.15) is 77.3 Å². The molecule has 0 aliphatic carbocycles. The second-order valence-electron chi connectivity index (χ2n) is 8.97. The van der Waals surface area contributed by atoms with E-state index in [1.807, 2.05) is 0 Å². The zero-order valence-corrected chi connectivity index (χ0v) is 21.7. The fraction of sp³-hybridized carbons (Fsp3) is 0.571. The predicted molar refractivity (Wildman–Crippen MR) is 142 cm³/mol. The molecule has 0 spiro atoms. The van der Waals surface area contributed by atoms with E-state index in [0.29, 0.717) is 9.49 Å². The fourth-order valence-corrected chi connectivity index (χ4v) is 5.96. The van der Waals surface area contributed by atoms with Gasteiger partial charge in [0.05, 0.1) is 0 Å². The van der Waals surface area contributed by atoms with Gasteiger partial charge in [-0.05, 0) is 49.7 Å². The minimum Gasteiger partial charge on any atom is -0.381 e. The fourth-order valence-electron chi connectivity index (χ4n) is 3.56. The van der Waals surface area contributed by atoms with Crippen molar-refractivity contribution >= 4 is 23.5 Å². The Labute approximate surface area is 200 Å². The molecule has 0 saturated carbocycles. The van der Waals surface area contributed by atoms with Gasteiger partial charge in [0.15, 0.2) is 0 Å². The first-order valence-electron chi connectivity index (χ1n) is 11.9. The molecule has 172 valence electrons. The summed E-state index contributed by atoms with van der Waals surface area (Å²) in [6.07, 6.45) is 7.16. The zero-order chi connectivity index (χ0) is 22.4. The molecular formula is C28H42OS2. The maximum atomic E-state index is 6.02. The van der Waals surface area contributed by atoms with Crippen LogP contribution in [0.2, 0.25) is 0 Å². The Morgan fingerprint density at radius 2 is 1.03 bits per heavy atom. The van der Waals surface area contributed by atoms with Crippen LogP contribution in [0.4, 0.5) is 0 Å². The molecule has 1 nitrogen and oxygen atoms in total. The molecule has 0 radical (unpaired) electrons. The summed E-state index contributed by atoms with van der Waals surface area (Å²) in [7, 11) is 0. The first-order valence-corrected chi connectivity index (χ1v) is 13.9. The molecule has 0 amide bonds.